The highest BCUT2D eigenvalue weighted by Gasteiger charge is 2.10. The van der Waals surface area contributed by atoms with Gasteiger partial charge in [-0.05, 0) is 19.4 Å². The fourth-order valence-corrected chi connectivity index (χ4v) is 1.48. The van der Waals surface area contributed by atoms with Crippen molar-refractivity contribution in [1.29, 1.82) is 0 Å². The van der Waals surface area contributed by atoms with Crippen molar-refractivity contribution in [2.45, 2.75) is 20.4 Å². The van der Waals surface area contributed by atoms with E-state index in [2.05, 4.69) is 53.2 Å². The zero-order valence-corrected chi connectivity index (χ0v) is 9.39. The molecule has 13 heavy (non-hydrogen) atoms. The van der Waals surface area contributed by atoms with Gasteiger partial charge in [0.2, 0.25) is 0 Å². The number of aryl methyl sites for hydroxylation is 2. The molecule has 0 heterocycles. The number of quaternary nitrogens is 1. The second-order valence-electron chi connectivity index (χ2n) is 4.88. The minimum atomic E-state index is 0.990. The Morgan fingerprint density at radius 2 is 1.69 bits per heavy atom. The van der Waals surface area contributed by atoms with Gasteiger partial charge in [-0.2, -0.15) is 0 Å². The highest BCUT2D eigenvalue weighted by molar-refractivity contribution is 5.29. The van der Waals surface area contributed by atoms with E-state index in [1.54, 1.807) is 0 Å². The monoisotopic (exact) mass is 178 g/mol. The smallest absolute Gasteiger partial charge is 0.104 e. The molecule has 1 nitrogen and oxygen atoms in total. The van der Waals surface area contributed by atoms with E-state index in [4.69, 9.17) is 0 Å². The van der Waals surface area contributed by atoms with Gasteiger partial charge in [0.15, 0.2) is 0 Å². The maximum atomic E-state index is 2.29. The summed E-state index contributed by atoms with van der Waals surface area (Å²) in [6.07, 6.45) is 0. The van der Waals surface area contributed by atoms with E-state index < -0.39 is 0 Å². The molecule has 0 atom stereocenters. The summed E-state index contributed by atoms with van der Waals surface area (Å²) in [7, 11) is 6.67. The van der Waals surface area contributed by atoms with Crippen molar-refractivity contribution in [2.75, 3.05) is 21.1 Å². The third-order valence-electron chi connectivity index (χ3n) is 2.15. The molecular formula is C12H20N+. The number of hydrogen-bond acceptors (Lipinski definition) is 0. The van der Waals surface area contributed by atoms with Gasteiger partial charge < -0.3 is 4.48 Å². The molecule has 72 valence electrons. The lowest BCUT2D eigenvalue weighted by Crippen LogP contribution is -2.33. The molecule has 0 fully saturated rings. The van der Waals surface area contributed by atoms with E-state index in [0.29, 0.717) is 0 Å². The predicted octanol–water partition coefficient (Wildman–Crippen LogP) is 2.51. The van der Waals surface area contributed by atoms with Crippen LogP contribution in [0.1, 0.15) is 16.7 Å². The number of benzene rings is 1. The van der Waals surface area contributed by atoms with Crippen LogP contribution < -0.4 is 0 Å². The normalized spacial score (nSPS) is 11.8. The van der Waals surface area contributed by atoms with Gasteiger partial charge in [0.1, 0.15) is 6.54 Å². The Kier molecular flexibility index (Phi) is 2.77. The molecule has 0 bridgehead atoms. The van der Waals surface area contributed by atoms with E-state index in [1.807, 2.05) is 0 Å². The molecule has 0 spiro atoms. The Labute approximate surface area is 81.6 Å². The van der Waals surface area contributed by atoms with Gasteiger partial charge in [-0.3, -0.25) is 0 Å². The van der Waals surface area contributed by atoms with Crippen molar-refractivity contribution in [3.63, 3.8) is 0 Å². The number of nitrogens with zero attached hydrogens (tertiary/aromatic N) is 1. The third kappa shape index (κ3) is 3.19. The number of rotatable bonds is 2. The molecule has 1 aromatic carbocycles. The summed E-state index contributed by atoms with van der Waals surface area (Å²) in [5.74, 6) is 0. The Balaban J connectivity index is 2.94. The average Bonchev–Trinajstić information content (AvgIpc) is 1.94. The van der Waals surface area contributed by atoms with Crippen LogP contribution in [0.4, 0.5) is 0 Å². The molecule has 1 aromatic rings. The van der Waals surface area contributed by atoms with Crippen molar-refractivity contribution in [3.05, 3.63) is 34.9 Å². The largest absolute Gasteiger partial charge is 0.327 e. The summed E-state index contributed by atoms with van der Waals surface area (Å²) in [5, 5.41) is 0. The first-order valence-electron chi connectivity index (χ1n) is 4.75. The molecule has 0 aliphatic rings. The Bertz CT molecular complexity index is 294. The summed E-state index contributed by atoms with van der Waals surface area (Å²) < 4.78 is 0.990. The van der Waals surface area contributed by atoms with E-state index in [0.717, 1.165) is 11.0 Å². The summed E-state index contributed by atoms with van der Waals surface area (Å²) >= 11 is 0. The molecule has 0 aliphatic carbocycles. The Hall–Kier alpha value is -0.820. The van der Waals surface area contributed by atoms with E-state index >= 15 is 0 Å². The summed E-state index contributed by atoms with van der Waals surface area (Å²) in [5.41, 5.74) is 4.22. The molecule has 0 aromatic heterocycles. The van der Waals surface area contributed by atoms with Crippen LogP contribution in [0.5, 0.6) is 0 Å². The summed E-state index contributed by atoms with van der Waals surface area (Å²) in [6, 6.07) is 6.67. The van der Waals surface area contributed by atoms with Crippen LogP contribution in [0.25, 0.3) is 0 Å². The summed E-state index contributed by atoms with van der Waals surface area (Å²) in [4.78, 5) is 0. The van der Waals surface area contributed by atoms with Gasteiger partial charge in [0.05, 0.1) is 21.1 Å². The lowest BCUT2D eigenvalue weighted by molar-refractivity contribution is -0.884. The second-order valence-corrected chi connectivity index (χ2v) is 4.88. The first-order valence-corrected chi connectivity index (χ1v) is 4.75. The SMILES string of the molecule is Cc1ccc(C)c(C[N+](C)(C)C)c1. The van der Waals surface area contributed by atoms with E-state index in [1.165, 1.54) is 16.7 Å². The van der Waals surface area contributed by atoms with Gasteiger partial charge in [0, 0.05) is 5.56 Å². The molecule has 1 rings (SSSR count). The minimum absolute atomic E-state index is 0.990. The highest BCUT2D eigenvalue weighted by Crippen LogP contribution is 2.14. The second kappa shape index (κ2) is 3.51. The van der Waals surface area contributed by atoms with E-state index in [-0.39, 0.29) is 0 Å². The summed E-state index contributed by atoms with van der Waals surface area (Å²) in [6.45, 7) is 5.44. The average molecular weight is 178 g/mol. The number of hydrogen-bond donors (Lipinski definition) is 0. The fourth-order valence-electron chi connectivity index (χ4n) is 1.48. The van der Waals surface area contributed by atoms with Crippen LogP contribution in [0.15, 0.2) is 18.2 Å². The maximum Gasteiger partial charge on any atom is 0.104 e. The molecular weight excluding hydrogens is 158 g/mol. The molecule has 0 unspecified atom stereocenters. The molecule has 0 aliphatic heterocycles. The Morgan fingerprint density at radius 3 is 2.23 bits per heavy atom. The van der Waals surface area contributed by atoms with Gasteiger partial charge in [-0.25, -0.2) is 0 Å². The molecule has 0 saturated carbocycles. The van der Waals surface area contributed by atoms with Crippen molar-refractivity contribution in [3.8, 4) is 0 Å². The van der Waals surface area contributed by atoms with Crippen LogP contribution in [0, 0.1) is 13.8 Å². The quantitative estimate of drug-likeness (QED) is 0.610. The lowest BCUT2D eigenvalue weighted by atomic mass is 10.1. The van der Waals surface area contributed by atoms with Crippen molar-refractivity contribution in [2.24, 2.45) is 0 Å². The van der Waals surface area contributed by atoms with Crippen LogP contribution >= 0.6 is 0 Å². The molecule has 0 saturated heterocycles. The minimum Gasteiger partial charge on any atom is -0.327 e. The highest BCUT2D eigenvalue weighted by atomic mass is 15.3. The van der Waals surface area contributed by atoms with Crippen molar-refractivity contribution >= 4 is 0 Å². The third-order valence-corrected chi connectivity index (χ3v) is 2.15. The van der Waals surface area contributed by atoms with Gasteiger partial charge in [-0.1, -0.05) is 23.8 Å². The van der Waals surface area contributed by atoms with Gasteiger partial charge >= 0.3 is 0 Å². The predicted molar refractivity (Wildman–Crippen MR) is 57.7 cm³/mol. The molecule has 1 heteroatoms. The maximum absolute atomic E-state index is 2.29. The fraction of sp³-hybridized carbons (Fsp3) is 0.500. The first-order chi connectivity index (χ1) is 5.88. The van der Waals surface area contributed by atoms with Crippen LogP contribution in [-0.2, 0) is 6.54 Å². The van der Waals surface area contributed by atoms with Crippen LogP contribution in [-0.4, -0.2) is 25.6 Å². The van der Waals surface area contributed by atoms with Gasteiger partial charge in [-0.15, -0.1) is 0 Å². The van der Waals surface area contributed by atoms with E-state index in [9.17, 15) is 0 Å². The molecule has 0 amide bonds. The zero-order valence-electron chi connectivity index (χ0n) is 9.39. The zero-order chi connectivity index (χ0) is 10.1. The topological polar surface area (TPSA) is 0 Å². The molecule has 0 radical (unpaired) electrons. The first kappa shape index (κ1) is 10.3. The molecule has 0 N–H and O–H groups in total. The lowest BCUT2D eigenvalue weighted by Gasteiger charge is -2.25. The van der Waals surface area contributed by atoms with Gasteiger partial charge in [0.25, 0.3) is 0 Å². The standard InChI is InChI=1S/C12H20N/c1-10-6-7-11(2)12(8-10)9-13(3,4)5/h6-8H,9H2,1-5H3/q+1. The van der Waals surface area contributed by atoms with Crippen molar-refractivity contribution in [1.82, 2.24) is 0 Å². The van der Waals surface area contributed by atoms with Crippen LogP contribution in [0.2, 0.25) is 0 Å². The van der Waals surface area contributed by atoms with Crippen LogP contribution in [0.3, 0.4) is 0 Å². The van der Waals surface area contributed by atoms with Crippen molar-refractivity contribution < 1.29 is 4.48 Å². The Morgan fingerprint density at radius 1 is 1.08 bits per heavy atom.